The van der Waals surface area contributed by atoms with E-state index < -0.39 is 0 Å². The van der Waals surface area contributed by atoms with Crippen molar-refractivity contribution in [2.75, 3.05) is 25.2 Å². The van der Waals surface area contributed by atoms with Gasteiger partial charge in [-0.3, -0.25) is 9.69 Å². The highest BCUT2D eigenvalue weighted by Gasteiger charge is 2.39. The summed E-state index contributed by atoms with van der Waals surface area (Å²) in [6.07, 6.45) is 3.45. The summed E-state index contributed by atoms with van der Waals surface area (Å²) in [6.45, 7) is 1.08. The van der Waals surface area contributed by atoms with Gasteiger partial charge in [0.05, 0.1) is 7.11 Å². The predicted octanol–water partition coefficient (Wildman–Crippen LogP) is 1.13. The highest BCUT2D eigenvalue weighted by molar-refractivity contribution is 7.99. The molecular formula is C10H17NO2S. The minimum atomic E-state index is -0.0468. The molecule has 0 amide bonds. The molecular weight excluding hydrogens is 198 g/mol. The van der Waals surface area contributed by atoms with Crippen LogP contribution in [0.25, 0.3) is 0 Å². The molecule has 2 fully saturated rings. The van der Waals surface area contributed by atoms with Crippen LogP contribution in [0.2, 0.25) is 0 Å². The van der Waals surface area contributed by atoms with Gasteiger partial charge < -0.3 is 4.74 Å². The van der Waals surface area contributed by atoms with E-state index in [1.54, 1.807) is 0 Å². The molecule has 3 nitrogen and oxygen atoms in total. The summed E-state index contributed by atoms with van der Waals surface area (Å²) in [6, 6.07) is 0.696. The highest BCUT2D eigenvalue weighted by Crippen LogP contribution is 2.29. The van der Waals surface area contributed by atoms with Gasteiger partial charge >= 0.3 is 5.97 Å². The summed E-state index contributed by atoms with van der Waals surface area (Å²) in [5.74, 6) is 2.44. The minimum absolute atomic E-state index is 0.0468. The van der Waals surface area contributed by atoms with Crippen LogP contribution in [0, 0.1) is 0 Å². The lowest BCUT2D eigenvalue weighted by molar-refractivity contribution is -0.154. The normalized spacial score (nSPS) is 29.6. The average molecular weight is 215 g/mol. The van der Waals surface area contributed by atoms with Gasteiger partial charge in [-0.1, -0.05) is 0 Å². The third kappa shape index (κ3) is 1.91. The van der Waals surface area contributed by atoms with Gasteiger partial charge in [0, 0.05) is 12.6 Å². The number of esters is 1. The van der Waals surface area contributed by atoms with Gasteiger partial charge in [-0.25, -0.2) is 0 Å². The molecule has 2 aliphatic rings. The lowest BCUT2D eigenvalue weighted by Crippen LogP contribution is -2.57. The molecule has 0 saturated carbocycles. The van der Waals surface area contributed by atoms with Crippen molar-refractivity contribution in [2.24, 2.45) is 0 Å². The van der Waals surface area contributed by atoms with E-state index in [1.807, 2.05) is 11.8 Å². The number of carbonyl (C=O) groups is 1. The van der Waals surface area contributed by atoms with E-state index in [1.165, 1.54) is 31.5 Å². The van der Waals surface area contributed by atoms with Crippen LogP contribution in [0.4, 0.5) is 0 Å². The van der Waals surface area contributed by atoms with Crippen LogP contribution in [0.1, 0.15) is 19.3 Å². The number of nitrogens with zero attached hydrogens (tertiary/aromatic N) is 1. The molecule has 0 spiro atoms. The van der Waals surface area contributed by atoms with E-state index >= 15 is 0 Å². The fraction of sp³-hybridized carbons (Fsp3) is 0.900. The van der Waals surface area contributed by atoms with Gasteiger partial charge in [0.1, 0.15) is 6.04 Å². The zero-order valence-electron chi connectivity index (χ0n) is 8.57. The fourth-order valence-electron chi connectivity index (χ4n) is 2.25. The molecule has 0 aromatic rings. The molecule has 14 heavy (non-hydrogen) atoms. The van der Waals surface area contributed by atoms with Gasteiger partial charge in [-0.2, -0.15) is 11.8 Å². The lowest BCUT2D eigenvalue weighted by atomic mass is 9.97. The quantitative estimate of drug-likeness (QED) is 0.646. The monoisotopic (exact) mass is 215 g/mol. The number of likely N-dealkylation sites (tertiary alicyclic amines) is 1. The van der Waals surface area contributed by atoms with Crippen LogP contribution >= 0.6 is 11.8 Å². The molecule has 0 radical (unpaired) electrons. The predicted molar refractivity (Wildman–Crippen MR) is 57.5 cm³/mol. The molecule has 1 unspecified atom stereocenters. The van der Waals surface area contributed by atoms with Gasteiger partial charge in [-0.05, 0) is 30.8 Å². The Morgan fingerprint density at radius 3 is 2.57 bits per heavy atom. The van der Waals surface area contributed by atoms with Crippen molar-refractivity contribution in [3.8, 4) is 0 Å². The molecule has 2 aliphatic heterocycles. The first-order valence-corrected chi connectivity index (χ1v) is 6.39. The highest BCUT2D eigenvalue weighted by atomic mass is 32.2. The van der Waals surface area contributed by atoms with Crippen LogP contribution in [-0.2, 0) is 9.53 Å². The number of carbonyl (C=O) groups excluding carboxylic acids is 1. The van der Waals surface area contributed by atoms with E-state index in [0.29, 0.717) is 6.04 Å². The van der Waals surface area contributed by atoms with Crippen LogP contribution in [-0.4, -0.2) is 48.1 Å². The third-order valence-electron chi connectivity index (χ3n) is 3.19. The number of ether oxygens (including phenoxy) is 1. The van der Waals surface area contributed by atoms with Crippen molar-refractivity contribution < 1.29 is 9.53 Å². The van der Waals surface area contributed by atoms with E-state index in [-0.39, 0.29) is 12.0 Å². The van der Waals surface area contributed by atoms with Gasteiger partial charge in [0.25, 0.3) is 0 Å². The summed E-state index contributed by atoms with van der Waals surface area (Å²) >= 11 is 2.02. The molecule has 2 rings (SSSR count). The molecule has 0 aromatic heterocycles. The number of methoxy groups -OCH3 is 1. The molecule has 0 N–H and O–H groups in total. The summed E-state index contributed by atoms with van der Waals surface area (Å²) in [5, 5.41) is 0. The maximum atomic E-state index is 11.4. The van der Waals surface area contributed by atoms with Crippen molar-refractivity contribution in [2.45, 2.75) is 31.3 Å². The first-order valence-electron chi connectivity index (χ1n) is 5.24. The molecule has 80 valence electrons. The van der Waals surface area contributed by atoms with E-state index in [4.69, 9.17) is 4.74 Å². The Morgan fingerprint density at radius 2 is 2.07 bits per heavy atom. The van der Waals surface area contributed by atoms with E-state index in [2.05, 4.69) is 4.90 Å². The Labute approximate surface area is 89.2 Å². The summed E-state index contributed by atoms with van der Waals surface area (Å²) < 4.78 is 4.79. The van der Waals surface area contributed by atoms with Crippen molar-refractivity contribution in [1.29, 1.82) is 0 Å². The smallest absolute Gasteiger partial charge is 0.323 e. The molecule has 4 heteroatoms. The molecule has 0 bridgehead atoms. The molecule has 1 atom stereocenters. The Bertz CT molecular complexity index is 216. The molecule has 2 heterocycles. The van der Waals surface area contributed by atoms with Crippen molar-refractivity contribution in [1.82, 2.24) is 4.90 Å². The van der Waals surface area contributed by atoms with Crippen LogP contribution in [0.5, 0.6) is 0 Å². The average Bonchev–Trinajstić information content (AvgIpc) is 2.17. The SMILES string of the molecule is COC(=O)C1CCN1C1CCSCC1. The Hall–Kier alpha value is -0.220. The fourth-order valence-corrected chi connectivity index (χ4v) is 3.33. The van der Waals surface area contributed by atoms with Crippen molar-refractivity contribution in [3.05, 3.63) is 0 Å². The second-order valence-corrected chi connectivity index (χ2v) is 5.13. The number of rotatable bonds is 2. The van der Waals surface area contributed by atoms with Gasteiger partial charge in [0.15, 0.2) is 0 Å². The second-order valence-electron chi connectivity index (χ2n) is 3.91. The van der Waals surface area contributed by atoms with E-state index in [9.17, 15) is 4.79 Å². The maximum Gasteiger partial charge on any atom is 0.323 e. The van der Waals surface area contributed by atoms with E-state index in [0.717, 1.165) is 13.0 Å². The third-order valence-corrected chi connectivity index (χ3v) is 4.24. The maximum absolute atomic E-state index is 11.4. The lowest BCUT2D eigenvalue weighted by Gasteiger charge is -2.45. The zero-order valence-corrected chi connectivity index (χ0v) is 9.39. The zero-order chi connectivity index (χ0) is 9.97. The van der Waals surface area contributed by atoms with Crippen LogP contribution < -0.4 is 0 Å². The summed E-state index contributed by atoms with van der Waals surface area (Å²) in [7, 11) is 1.48. The van der Waals surface area contributed by atoms with Crippen LogP contribution in [0.15, 0.2) is 0 Å². The summed E-state index contributed by atoms with van der Waals surface area (Å²) in [5.41, 5.74) is 0. The molecule has 0 aliphatic carbocycles. The number of thioether (sulfide) groups is 1. The minimum Gasteiger partial charge on any atom is -0.468 e. The first-order chi connectivity index (χ1) is 6.83. The molecule has 0 aromatic carbocycles. The van der Waals surface area contributed by atoms with Crippen molar-refractivity contribution in [3.63, 3.8) is 0 Å². The first kappa shape index (κ1) is 10.3. The Morgan fingerprint density at radius 1 is 1.36 bits per heavy atom. The van der Waals surface area contributed by atoms with Gasteiger partial charge in [-0.15, -0.1) is 0 Å². The second kappa shape index (κ2) is 4.53. The summed E-state index contributed by atoms with van der Waals surface area (Å²) in [4.78, 5) is 13.7. The topological polar surface area (TPSA) is 29.5 Å². The molecule has 2 saturated heterocycles. The van der Waals surface area contributed by atoms with Crippen LogP contribution in [0.3, 0.4) is 0 Å². The largest absolute Gasteiger partial charge is 0.468 e. The number of hydrogen-bond acceptors (Lipinski definition) is 4. The number of hydrogen-bond donors (Lipinski definition) is 0. The standard InChI is InChI=1S/C10H17NO2S/c1-13-10(12)9-2-5-11(9)8-3-6-14-7-4-8/h8-9H,2-7H2,1H3. The van der Waals surface area contributed by atoms with Gasteiger partial charge in [0.2, 0.25) is 0 Å². The van der Waals surface area contributed by atoms with Crippen molar-refractivity contribution >= 4 is 17.7 Å². The Balaban J connectivity index is 1.88. The Kier molecular flexibility index (Phi) is 3.34.